The molecular weight excluding hydrogens is 397 g/mol. The second-order valence-electron chi connectivity index (χ2n) is 4.89. The third-order valence-corrected chi connectivity index (χ3v) is 2.62. The molecule has 8 nitrogen and oxygen atoms in total. The standard InChI is InChI=1S/C13H25N7O.HI/c1-5-14-13(15-7-6-12(21)19-10(2)3)16-8-11-17-9-18-20(11)4;/h9-10H,5-8H2,1-4H3,(H,19,21)(H2,14,15,16);1H. The van der Waals surface area contributed by atoms with E-state index in [4.69, 9.17) is 0 Å². The Labute approximate surface area is 148 Å². The molecule has 22 heavy (non-hydrogen) atoms. The van der Waals surface area contributed by atoms with Gasteiger partial charge in [0.05, 0.1) is 0 Å². The van der Waals surface area contributed by atoms with Crippen LogP contribution in [0.4, 0.5) is 0 Å². The first-order chi connectivity index (χ1) is 10.0. The highest BCUT2D eigenvalue weighted by molar-refractivity contribution is 14.0. The Bertz CT molecular complexity index is 473. The van der Waals surface area contributed by atoms with Crippen molar-refractivity contribution >= 4 is 35.8 Å². The monoisotopic (exact) mass is 423 g/mol. The van der Waals surface area contributed by atoms with E-state index in [1.54, 1.807) is 4.68 Å². The summed E-state index contributed by atoms with van der Waals surface area (Å²) in [6, 6.07) is 0.162. The van der Waals surface area contributed by atoms with E-state index in [2.05, 4.69) is 31.0 Å². The van der Waals surface area contributed by atoms with Crippen LogP contribution in [0.1, 0.15) is 33.0 Å². The number of nitrogens with one attached hydrogen (secondary N) is 3. The van der Waals surface area contributed by atoms with E-state index < -0.39 is 0 Å². The minimum absolute atomic E-state index is 0. The van der Waals surface area contributed by atoms with Gasteiger partial charge in [-0.1, -0.05) is 0 Å². The zero-order valence-corrected chi connectivity index (χ0v) is 15.9. The number of rotatable bonds is 7. The van der Waals surface area contributed by atoms with Gasteiger partial charge in [0.2, 0.25) is 5.91 Å². The highest BCUT2D eigenvalue weighted by Gasteiger charge is 2.04. The lowest BCUT2D eigenvalue weighted by Crippen LogP contribution is -2.40. The fourth-order valence-corrected chi connectivity index (χ4v) is 1.64. The second-order valence-corrected chi connectivity index (χ2v) is 4.89. The molecule has 0 saturated carbocycles. The van der Waals surface area contributed by atoms with E-state index in [1.165, 1.54) is 6.33 Å². The normalized spacial score (nSPS) is 11.0. The number of halogens is 1. The van der Waals surface area contributed by atoms with Crippen molar-refractivity contribution in [2.24, 2.45) is 12.0 Å². The minimum Gasteiger partial charge on any atom is -0.357 e. The molecule has 0 saturated heterocycles. The summed E-state index contributed by atoms with van der Waals surface area (Å²) < 4.78 is 1.68. The van der Waals surface area contributed by atoms with Crippen LogP contribution in [0.3, 0.4) is 0 Å². The Balaban J connectivity index is 0.00000441. The maximum atomic E-state index is 11.5. The number of aliphatic imine (C=N–C) groups is 1. The van der Waals surface area contributed by atoms with Crippen molar-refractivity contribution in [3.8, 4) is 0 Å². The van der Waals surface area contributed by atoms with E-state index in [0.29, 0.717) is 25.5 Å². The van der Waals surface area contributed by atoms with Gasteiger partial charge in [0, 0.05) is 32.6 Å². The Morgan fingerprint density at radius 3 is 2.68 bits per heavy atom. The predicted octanol–water partition coefficient (Wildman–Crippen LogP) is 0.403. The quantitative estimate of drug-likeness (QED) is 0.335. The number of carbonyl (C=O) groups excluding carboxylic acids is 1. The maximum Gasteiger partial charge on any atom is 0.221 e. The van der Waals surface area contributed by atoms with Crippen molar-refractivity contribution in [2.75, 3.05) is 13.1 Å². The van der Waals surface area contributed by atoms with Crippen molar-refractivity contribution < 1.29 is 4.79 Å². The number of aromatic nitrogens is 3. The van der Waals surface area contributed by atoms with Crippen LogP contribution in [0.5, 0.6) is 0 Å². The molecule has 1 heterocycles. The van der Waals surface area contributed by atoms with Crippen molar-refractivity contribution in [3.05, 3.63) is 12.2 Å². The summed E-state index contributed by atoms with van der Waals surface area (Å²) in [7, 11) is 1.83. The molecule has 9 heteroatoms. The molecule has 3 N–H and O–H groups in total. The van der Waals surface area contributed by atoms with E-state index in [1.807, 2.05) is 27.8 Å². The Morgan fingerprint density at radius 2 is 2.14 bits per heavy atom. The van der Waals surface area contributed by atoms with E-state index in [9.17, 15) is 4.79 Å². The first-order valence-corrected chi connectivity index (χ1v) is 7.17. The van der Waals surface area contributed by atoms with Gasteiger partial charge < -0.3 is 16.0 Å². The largest absolute Gasteiger partial charge is 0.357 e. The smallest absolute Gasteiger partial charge is 0.221 e. The third-order valence-electron chi connectivity index (χ3n) is 2.62. The Kier molecular flexibility index (Phi) is 10.5. The van der Waals surface area contributed by atoms with Crippen LogP contribution in [-0.2, 0) is 18.4 Å². The van der Waals surface area contributed by atoms with Gasteiger partial charge in [-0.2, -0.15) is 5.10 Å². The average molecular weight is 423 g/mol. The van der Waals surface area contributed by atoms with E-state index in [-0.39, 0.29) is 35.9 Å². The Hall–Kier alpha value is -1.39. The molecule has 0 aliphatic rings. The molecule has 0 atom stereocenters. The molecule has 0 aliphatic carbocycles. The molecule has 126 valence electrons. The van der Waals surface area contributed by atoms with Crippen LogP contribution >= 0.6 is 24.0 Å². The van der Waals surface area contributed by atoms with Gasteiger partial charge in [-0.3, -0.25) is 9.48 Å². The fraction of sp³-hybridized carbons (Fsp3) is 0.692. The van der Waals surface area contributed by atoms with Gasteiger partial charge in [0.25, 0.3) is 0 Å². The van der Waals surface area contributed by atoms with Crippen LogP contribution in [0.15, 0.2) is 11.3 Å². The third kappa shape index (κ3) is 8.15. The molecular formula is C13H26IN7O. The second kappa shape index (κ2) is 11.2. The number of guanidine groups is 1. The van der Waals surface area contributed by atoms with E-state index >= 15 is 0 Å². The van der Waals surface area contributed by atoms with Crippen LogP contribution in [0.2, 0.25) is 0 Å². The zero-order valence-electron chi connectivity index (χ0n) is 13.6. The zero-order chi connectivity index (χ0) is 15.7. The van der Waals surface area contributed by atoms with Crippen LogP contribution in [0.25, 0.3) is 0 Å². The molecule has 0 bridgehead atoms. The number of amides is 1. The predicted molar refractivity (Wildman–Crippen MR) is 97.1 cm³/mol. The molecule has 0 fully saturated rings. The van der Waals surface area contributed by atoms with Crippen molar-refractivity contribution in [1.29, 1.82) is 0 Å². The number of nitrogens with zero attached hydrogens (tertiary/aromatic N) is 4. The number of hydrogen-bond donors (Lipinski definition) is 3. The number of aryl methyl sites for hydroxylation is 1. The summed E-state index contributed by atoms with van der Waals surface area (Å²) >= 11 is 0. The molecule has 1 aromatic heterocycles. The van der Waals surface area contributed by atoms with Crippen LogP contribution < -0.4 is 16.0 Å². The summed E-state index contributed by atoms with van der Waals surface area (Å²) in [6.07, 6.45) is 1.91. The van der Waals surface area contributed by atoms with Crippen molar-refractivity contribution in [1.82, 2.24) is 30.7 Å². The van der Waals surface area contributed by atoms with Crippen LogP contribution in [-0.4, -0.2) is 45.8 Å². The average Bonchev–Trinajstić information content (AvgIpc) is 2.80. The van der Waals surface area contributed by atoms with Gasteiger partial charge in [-0.05, 0) is 20.8 Å². The van der Waals surface area contributed by atoms with Gasteiger partial charge in [-0.15, -0.1) is 24.0 Å². The topological polar surface area (TPSA) is 96.2 Å². The summed E-state index contributed by atoms with van der Waals surface area (Å²) in [5, 5.41) is 13.1. The van der Waals surface area contributed by atoms with Gasteiger partial charge in [0.1, 0.15) is 18.7 Å². The van der Waals surface area contributed by atoms with Crippen molar-refractivity contribution in [2.45, 2.75) is 39.8 Å². The lowest BCUT2D eigenvalue weighted by atomic mass is 10.3. The summed E-state index contributed by atoms with van der Waals surface area (Å²) in [4.78, 5) is 20.1. The molecule has 1 aromatic rings. The lowest BCUT2D eigenvalue weighted by Gasteiger charge is -2.12. The molecule has 1 rings (SSSR count). The maximum absolute atomic E-state index is 11.5. The first kappa shape index (κ1) is 20.6. The number of carbonyl (C=O) groups is 1. The highest BCUT2D eigenvalue weighted by Crippen LogP contribution is 1.93. The van der Waals surface area contributed by atoms with Gasteiger partial charge >= 0.3 is 0 Å². The SMILES string of the molecule is CCNC(=NCc1ncnn1C)NCCC(=O)NC(C)C.I. The molecule has 0 radical (unpaired) electrons. The van der Waals surface area contributed by atoms with Gasteiger partial charge in [0.15, 0.2) is 5.96 Å². The summed E-state index contributed by atoms with van der Waals surface area (Å²) in [5.74, 6) is 1.48. The van der Waals surface area contributed by atoms with E-state index in [0.717, 1.165) is 12.4 Å². The van der Waals surface area contributed by atoms with Crippen LogP contribution in [0, 0.1) is 0 Å². The molecule has 1 amide bonds. The molecule has 0 unspecified atom stereocenters. The summed E-state index contributed by atoms with van der Waals surface area (Å²) in [5.41, 5.74) is 0. The molecule has 0 aromatic carbocycles. The van der Waals surface area contributed by atoms with Gasteiger partial charge in [-0.25, -0.2) is 9.98 Å². The summed E-state index contributed by atoms with van der Waals surface area (Å²) in [6.45, 7) is 7.59. The lowest BCUT2D eigenvalue weighted by molar-refractivity contribution is -0.121. The molecule has 0 aliphatic heterocycles. The highest BCUT2D eigenvalue weighted by atomic mass is 127. The fourth-order valence-electron chi connectivity index (χ4n) is 1.64. The minimum atomic E-state index is 0. The number of hydrogen-bond acceptors (Lipinski definition) is 4. The molecule has 0 spiro atoms. The Morgan fingerprint density at radius 1 is 1.41 bits per heavy atom. The van der Waals surface area contributed by atoms with Crippen molar-refractivity contribution in [3.63, 3.8) is 0 Å². The first-order valence-electron chi connectivity index (χ1n) is 7.17.